The minimum absolute atomic E-state index is 0.0279. The summed E-state index contributed by atoms with van der Waals surface area (Å²) >= 11 is 0. The van der Waals surface area contributed by atoms with Gasteiger partial charge in [0.05, 0.1) is 11.5 Å². The summed E-state index contributed by atoms with van der Waals surface area (Å²) in [6.45, 7) is 1.59. The fourth-order valence-electron chi connectivity index (χ4n) is 2.42. The minimum Gasteiger partial charge on any atom is -0.385 e. The lowest BCUT2D eigenvalue weighted by molar-refractivity contribution is -0.384. The first-order chi connectivity index (χ1) is 11.5. The minimum atomic E-state index is -0.478. The topological polar surface area (TPSA) is 77.6 Å². The molecule has 2 aromatic rings. The Morgan fingerprint density at radius 1 is 1.29 bits per heavy atom. The second-order valence-corrected chi connectivity index (χ2v) is 5.49. The molecule has 128 valence electrons. The molecule has 1 amide bonds. The van der Waals surface area contributed by atoms with Gasteiger partial charge in [0.1, 0.15) is 0 Å². The summed E-state index contributed by atoms with van der Waals surface area (Å²) in [5.74, 6) is -0.151. The highest BCUT2D eigenvalue weighted by Gasteiger charge is 2.18. The zero-order valence-electron chi connectivity index (χ0n) is 13.8. The average molecular weight is 331 g/mol. The van der Waals surface area contributed by atoms with E-state index in [2.05, 4.69) is 0 Å². The second kappa shape index (κ2) is 8.26. The maximum atomic E-state index is 12.8. The Balaban J connectivity index is 2.16. The number of methoxy groups -OCH3 is 1. The van der Waals surface area contributed by atoms with Crippen LogP contribution in [-0.4, -0.2) is 40.6 Å². The van der Waals surface area contributed by atoms with E-state index in [4.69, 9.17) is 4.74 Å². The van der Waals surface area contributed by atoms with Crippen molar-refractivity contribution in [3.8, 4) is 0 Å². The fraction of sp³-hybridized carbons (Fsp3) is 0.353. The highest BCUT2D eigenvalue weighted by Crippen LogP contribution is 2.15. The Kier molecular flexibility index (Phi) is 6.08. The third kappa shape index (κ3) is 4.42. The number of aromatic nitrogens is 1. The summed E-state index contributed by atoms with van der Waals surface area (Å²) in [5, 5.41) is 10.7. The van der Waals surface area contributed by atoms with Crippen molar-refractivity contribution in [2.24, 2.45) is 7.05 Å². The van der Waals surface area contributed by atoms with Crippen molar-refractivity contribution in [2.45, 2.75) is 13.0 Å². The molecule has 0 N–H and O–H groups in total. The van der Waals surface area contributed by atoms with Crippen molar-refractivity contribution in [3.63, 3.8) is 0 Å². The lowest BCUT2D eigenvalue weighted by Crippen LogP contribution is -2.32. The van der Waals surface area contributed by atoms with Gasteiger partial charge >= 0.3 is 0 Å². The summed E-state index contributed by atoms with van der Waals surface area (Å²) in [6.07, 6.45) is 2.65. The van der Waals surface area contributed by atoms with E-state index in [1.54, 1.807) is 12.0 Å². The van der Waals surface area contributed by atoms with E-state index in [9.17, 15) is 14.9 Å². The summed E-state index contributed by atoms with van der Waals surface area (Å²) in [6, 6.07) is 9.58. The number of benzene rings is 1. The zero-order chi connectivity index (χ0) is 17.5. The number of amides is 1. The number of carbonyl (C=O) groups excluding carboxylic acids is 1. The predicted molar refractivity (Wildman–Crippen MR) is 89.7 cm³/mol. The number of nitro groups is 1. The van der Waals surface area contributed by atoms with Gasteiger partial charge in [-0.25, -0.2) is 0 Å². The van der Waals surface area contributed by atoms with E-state index in [1.165, 1.54) is 24.3 Å². The van der Waals surface area contributed by atoms with Crippen LogP contribution in [0, 0.1) is 10.1 Å². The average Bonchev–Trinajstić information content (AvgIpc) is 2.98. The van der Waals surface area contributed by atoms with E-state index >= 15 is 0 Å². The molecule has 0 unspecified atom stereocenters. The smallest absolute Gasteiger partial charge is 0.269 e. The third-order valence-electron chi connectivity index (χ3n) is 3.79. The first-order valence-electron chi connectivity index (χ1n) is 7.66. The van der Waals surface area contributed by atoms with Crippen molar-refractivity contribution in [2.75, 3.05) is 20.3 Å². The van der Waals surface area contributed by atoms with Gasteiger partial charge in [-0.15, -0.1) is 0 Å². The highest BCUT2D eigenvalue weighted by molar-refractivity contribution is 5.94. The van der Waals surface area contributed by atoms with Crippen molar-refractivity contribution in [3.05, 3.63) is 64.0 Å². The Labute approximate surface area is 140 Å². The molecule has 0 bridgehead atoms. The Bertz CT molecular complexity index is 694. The van der Waals surface area contributed by atoms with Crippen LogP contribution in [0.2, 0.25) is 0 Å². The number of non-ortho nitro benzene ring substituents is 1. The number of aryl methyl sites for hydroxylation is 1. The normalized spacial score (nSPS) is 10.6. The van der Waals surface area contributed by atoms with Crippen molar-refractivity contribution < 1.29 is 14.5 Å². The molecule has 0 atom stereocenters. The zero-order valence-corrected chi connectivity index (χ0v) is 13.8. The van der Waals surface area contributed by atoms with Gasteiger partial charge in [-0.2, -0.15) is 0 Å². The molecule has 1 aromatic carbocycles. The van der Waals surface area contributed by atoms with Crippen LogP contribution < -0.4 is 0 Å². The van der Waals surface area contributed by atoms with E-state index in [1.807, 2.05) is 29.9 Å². The van der Waals surface area contributed by atoms with Crippen LogP contribution in [0.15, 0.2) is 42.6 Å². The molecule has 7 nitrogen and oxygen atoms in total. The molecule has 0 aliphatic carbocycles. The lowest BCUT2D eigenvalue weighted by atomic mass is 10.1. The maximum Gasteiger partial charge on any atom is 0.269 e. The van der Waals surface area contributed by atoms with Crippen molar-refractivity contribution in [1.82, 2.24) is 9.47 Å². The van der Waals surface area contributed by atoms with Gasteiger partial charge in [0.2, 0.25) is 0 Å². The lowest BCUT2D eigenvalue weighted by Gasteiger charge is -2.23. The first kappa shape index (κ1) is 17.7. The van der Waals surface area contributed by atoms with Gasteiger partial charge in [-0.05, 0) is 30.7 Å². The number of hydrogen-bond acceptors (Lipinski definition) is 4. The largest absolute Gasteiger partial charge is 0.385 e. The van der Waals surface area contributed by atoms with Crippen LogP contribution >= 0.6 is 0 Å². The first-order valence-corrected chi connectivity index (χ1v) is 7.66. The number of hydrogen-bond donors (Lipinski definition) is 0. The van der Waals surface area contributed by atoms with Gasteiger partial charge in [-0.1, -0.05) is 0 Å². The Hall–Kier alpha value is -2.67. The van der Waals surface area contributed by atoms with E-state index in [0.717, 1.165) is 12.1 Å². The summed E-state index contributed by atoms with van der Waals surface area (Å²) in [4.78, 5) is 24.8. The van der Waals surface area contributed by atoms with Gasteiger partial charge < -0.3 is 14.2 Å². The van der Waals surface area contributed by atoms with E-state index in [0.29, 0.717) is 25.3 Å². The van der Waals surface area contributed by atoms with Crippen LogP contribution in [-0.2, 0) is 18.3 Å². The van der Waals surface area contributed by atoms with Crippen LogP contribution in [0.4, 0.5) is 5.69 Å². The highest BCUT2D eigenvalue weighted by atomic mass is 16.6. The van der Waals surface area contributed by atoms with Crippen LogP contribution in [0.3, 0.4) is 0 Å². The molecular weight excluding hydrogens is 310 g/mol. The molecule has 0 fully saturated rings. The van der Waals surface area contributed by atoms with Crippen molar-refractivity contribution >= 4 is 11.6 Å². The summed E-state index contributed by atoms with van der Waals surface area (Å²) in [5.41, 5.74) is 1.43. The predicted octanol–water partition coefficient (Wildman–Crippen LogP) is 2.61. The monoisotopic (exact) mass is 331 g/mol. The van der Waals surface area contributed by atoms with Crippen molar-refractivity contribution in [1.29, 1.82) is 0 Å². The van der Waals surface area contributed by atoms with Gasteiger partial charge in [0, 0.05) is 56.9 Å². The molecule has 1 heterocycles. The molecule has 0 saturated heterocycles. The maximum absolute atomic E-state index is 12.8. The Morgan fingerprint density at radius 2 is 2.00 bits per heavy atom. The third-order valence-corrected chi connectivity index (χ3v) is 3.79. The number of rotatable bonds is 8. The molecule has 24 heavy (non-hydrogen) atoms. The quantitative estimate of drug-likeness (QED) is 0.423. The fourth-order valence-corrected chi connectivity index (χ4v) is 2.42. The number of ether oxygens (including phenoxy) is 1. The van der Waals surface area contributed by atoms with Crippen LogP contribution in [0.5, 0.6) is 0 Å². The van der Waals surface area contributed by atoms with Crippen LogP contribution in [0.1, 0.15) is 22.5 Å². The molecule has 0 aliphatic heterocycles. The molecular formula is C17H21N3O4. The van der Waals surface area contributed by atoms with Gasteiger partial charge in [-0.3, -0.25) is 14.9 Å². The molecule has 7 heteroatoms. The Morgan fingerprint density at radius 3 is 2.54 bits per heavy atom. The molecule has 0 spiro atoms. The number of carbonyl (C=O) groups is 1. The molecule has 2 rings (SSSR count). The number of nitro benzene ring substituents is 1. The van der Waals surface area contributed by atoms with Gasteiger partial charge in [0.25, 0.3) is 11.6 Å². The number of nitrogens with zero attached hydrogens (tertiary/aromatic N) is 3. The summed E-state index contributed by atoms with van der Waals surface area (Å²) in [7, 11) is 3.55. The second-order valence-electron chi connectivity index (χ2n) is 5.49. The molecule has 0 saturated carbocycles. The standard InChI is InChI=1S/C17H21N3O4/c1-18-10-3-5-16(18)13-19(11-4-12-24-2)17(21)14-6-8-15(9-7-14)20(22)23/h3,5-10H,4,11-13H2,1-2H3. The van der Waals surface area contributed by atoms with Crippen LogP contribution in [0.25, 0.3) is 0 Å². The van der Waals surface area contributed by atoms with E-state index in [-0.39, 0.29) is 11.6 Å². The summed E-state index contributed by atoms with van der Waals surface area (Å²) < 4.78 is 7.03. The SMILES string of the molecule is COCCCN(Cc1cccn1C)C(=O)c1ccc([N+](=O)[O-])cc1. The molecule has 1 aromatic heterocycles. The van der Waals surface area contributed by atoms with Gasteiger partial charge in [0.15, 0.2) is 0 Å². The molecule has 0 aliphatic rings. The van der Waals surface area contributed by atoms with E-state index < -0.39 is 4.92 Å². The molecule has 0 radical (unpaired) electrons.